The lowest BCUT2D eigenvalue weighted by Crippen LogP contribution is -2.57. The number of nitrogens with zero attached hydrogens (tertiary/aromatic N) is 1. The van der Waals surface area contributed by atoms with E-state index in [1.807, 2.05) is 6.92 Å². The van der Waals surface area contributed by atoms with Gasteiger partial charge in [0.2, 0.25) is 0 Å². The highest BCUT2D eigenvalue weighted by Crippen LogP contribution is 2.38. The minimum Gasteiger partial charge on any atom is -0.251 e. The van der Waals surface area contributed by atoms with Crippen LogP contribution < -0.4 is 10.9 Å². The van der Waals surface area contributed by atoms with Crippen LogP contribution in [0.15, 0.2) is 0 Å². The Morgan fingerprint density at radius 2 is 1.69 bits per heavy atom. The Morgan fingerprint density at radius 3 is 2.00 bits per heavy atom. The average molecular weight is 181 g/mol. The molecular weight excluding hydrogens is 162 g/mol. The first kappa shape index (κ1) is 10.5. The molecule has 1 unspecified atom stereocenters. The second-order valence-corrected chi connectivity index (χ2v) is 5.09. The fourth-order valence-electron chi connectivity index (χ4n) is 1.20. The summed E-state index contributed by atoms with van der Waals surface area (Å²) < 4.78 is 0. The summed E-state index contributed by atoms with van der Waals surface area (Å²) in [5.74, 6) is 0.521. The Morgan fingerprint density at radius 1 is 1.15 bits per heavy atom. The normalized spacial score (nSPS) is 22.1. The van der Waals surface area contributed by atoms with Gasteiger partial charge in [-0.1, -0.05) is 0 Å². The van der Waals surface area contributed by atoms with Crippen molar-refractivity contribution in [3.63, 3.8) is 0 Å². The maximum Gasteiger partial charge on any atom is 0.118 e. The second-order valence-electron chi connectivity index (χ2n) is 5.09. The van der Waals surface area contributed by atoms with E-state index in [2.05, 4.69) is 37.7 Å². The third kappa shape index (κ3) is 2.98. The summed E-state index contributed by atoms with van der Waals surface area (Å²) in [6, 6.07) is 2.34. The molecule has 1 aliphatic rings. The summed E-state index contributed by atoms with van der Waals surface area (Å²) in [5, 5.41) is 9.04. The first-order chi connectivity index (χ1) is 5.87. The third-order valence-corrected chi connectivity index (χ3v) is 2.32. The van der Waals surface area contributed by atoms with Gasteiger partial charge in [-0.25, -0.2) is 5.43 Å². The van der Waals surface area contributed by atoms with Crippen LogP contribution in [0.5, 0.6) is 0 Å². The van der Waals surface area contributed by atoms with Crippen molar-refractivity contribution in [2.24, 2.45) is 5.92 Å². The Balaban J connectivity index is 2.46. The van der Waals surface area contributed by atoms with Crippen molar-refractivity contribution in [1.29, 1.82) is 5.26 Å². The molecule has 1 saturated carbocycles. The number of hydrazine groups is 1. The maximum atomic E-state index is 9.04. The summed E-state index contributed by atoms with van der Waals surface area (Å²) in [4.78, 5) is 0. The summed E-state index contributed by atoms with van der Waals surface area (Å²) in [6.07, 6.45) is 2.34. The van der Waals surface area contributed by atoms with Crippen LogP contribution in [-0.2, 0) is 0 Å². The summed E-state index contributed by atoms with van der Waals surface area (Å²) in [5.41, 5.74) is 5.91. The van der Waals surface area contributed by atoms with E-state index in [0.29, 0.717) is 5.92 Å². The summed E-state index contributed by atoms with van der Waals surface area (Å²) in [7, 11) is 0. The van der Waals surface area contributed by atoms with Gasteiger partial charge in [-0.15, -0.1) is 0 Å². The molecule has 0 heterocycles. The van der Waals surface area contributed by atoms with Crippen molar-refractivity contribution >= 4 is 0 Å². The maximum absolute atomic E-state index is 9.04. The smallest absolute Gasteiger partial charge is 0.118 e. The van der Waals surface area contributed by atoms with Gasteiger partial charge in [0.15, 0.2) is 0 Å². The van der Waals surface area contributed by atoms with Crippen LogP contribution in [0.4, 0.5) is 0 Å². The van der Waals surface area contributed by atoms with Gasteiger partial charge in [0, 0.05) is 5.54 Å². The molecule has 1 atom stereocenters. The minimum absolute atomic E-state index is 0.00694. The van der Waals surface area contributed by atoms with Gasteiger partial charge in [-0.2, -0.15) is 5.26 Å². The molecule has 0 aromatic rings. The van der Waals surface area contributed by atoms with Crippen molar-refractivity contribution in [3.05, 3.63) is 0 Å². The average Bonchev–Trinajstić information content (AvgIpc) is 2.81. The number of nitriles is 1. The van der Waals surface area contributed by atoms with E-state index >= 15 is 0 Å². The highest BCUT2D eigenvalue weighted by atomic mass is 15.4. The fourth-order valence-corrected chi connectivity index (χ4v) is 1.20. The third-order valence-electron chi connectivity index (χ3n) is 2.32. The van der Waals surface area contributed by atoms with Crippen LogP contribution in [0, 0.1) is 17.2 Å². The lowest BCUT2D eigenvalue weighted by molar-refractivity contribution is 0.266. The quantitative estimate of drug-likeness (QED) is 0.650. The van der Waals surface area contributed by atoms with Gasteiger partial charge < -0.3 is 0 Å². The molecule has 74 valence electrons. The Bertz CT molecular complexity index is 219. The predicted octanol–water partition coefficient (Wildman–Crippen LogP) is 1.57. The molecule has 3 nitrogen and oxygen atoms in total. The van der Waals surface area contributed by atoms with Crippen molar-refractivity contribution in [3.8, 4) is 6.07 Å². The van der Waals surface area contributed by atoms with E-state index < -0.39 is 5.54 Å². The van der Waals surface area contributed by atoms with Crippen LogP contribution in [0.1, 0.15) is 40.5 Å². The first-order valence-electron chi connectivity index (χ1n) is 4.83. The fraction of sp³-hybridized carbons (Fsp3) is 0.900. The molecule has 1 rings (SSSR count). The molecule has 0 aliphatic heterocycles. The van der Waals surface area contributed by atoms with E-state index in [1.54, 1.807) is 0 Å². The van der Waals surface area contributed by atoms with Crippen LogP contribution in [0.25, 0.3) is 0 Å². The zero-order valence-corrected chi connectivity index (χ0v) is 8.94. The SMILES string of the molecule is CC(C)(C)NNC(C)(C#N)C1CC1. The molecule has 0 aromatic heterocycles. The van der Waals surface area contributed by atoms with Crippen LogP contribution in [0.2, 0.25) is 0 Å². The highest BCUT2D eigenvalue weighted by Gasteiger charge is 2.42. The lowest BCUT2D eigenvalue weighted by atomic mass is 9.99. The zero-order chi connectivity index (χ0) is 10.1. The van der Waals surface area contributed by atoms with Crippen molar-refractivity contribution in [2.45, 2.75) is 51.6 Å². The number of rotatable bonds is 3. The molecule has 0 radical (unpaired) electrons. The predicted molar refractivity (Wildman–Crippen MR) is 52.8 cm³/mol. The van der Waals surface area contributed by atoms with Gasteiger partial charge >= 0.3 is 0 Å². The molecule has 1 aliphatic carbocycles. The van der Waals surface area contributed by atoms with Gasteiger partial charge in [-0.3, -0.25) is 5.43 Å². The van der Waals surface area contributed by atoms with Crippen LogP contribution >= 0.6 is 0 Å². The zero-order valence-electron chi connectivity index (χ0n) is 8.94. The Kier molecular flexibility index (Phi) is 2.65. The van der Waals surface area contributed by atoms with E-state index in [4.69, 9.17) is 5.26 Å². The van der Waals surface area contributed by atoms with Crippen molar-refractivity contribution in [2.75, 3.05) is 0 Å². The highest BCUT2D eigenvalue weighted by molar-refractivity contribution is 5.11. The van der Waals surface area contributed by atoms with Crippen molar-refractivity contribution in [1.82, 2.24) is 10.9 Å². The molecule has 2 N–H and O–H groups in total. The molecule has 0 amide bonds. The van der Waals surface area contributed by atoms with Gasteiger partial charge in [0.1, 0.15) is 5.54 Å². The molecule has 13 heavy (non-hydrogen) atoms. The molecular formula is C10H19N3. The molecule has 3 heteroatoms. The van der Waals surface area contributed by atoms with E-state index in [-0.39, 0.29) is 5.54 Å². The second kappa shape index (κ2) is 3.28. The first-order valence-corrected chi connectivity index (χ1v) is 4.83. The topological polar surface area (TPSA) is 47.8 Å². The molecule has 0 saturated heterocycles. The molecule has 0 spiro atoms. The van der Waals surface area contributed by atoms with Crippen molar-refractivity contribution < 1.29 is 0 Å². The minimum atomic E-state index is -0.396. The Labute approximate surface area is 80.5 Å². The number of hydrogen-bond donors (Lipinski definition) is 2. The Hall–Kier alpha value is -0.590. The number of nitrogens with one attached hydrogen (secondary N) is 2. The summed E-state index contributed by atoms with van der Waals surface area (Å²) in [6.45, 7) is 8.18. The number of hydrogen-bond acceptors (Lipinski definition) is 3. The molecule has 0 aromatic carbocycles. The lowest BCUT2D eigenvalue weighted by Gasteiger charge is -2.29. The van der Waals surface area contributed by atoms with E-state index in [0.717, 1.165) is 0 Å². The largest absolute Gasteiger partial charge is 0.251 e. The van der Waals surface area contributed by atoms with Gasteiger partial charge in [0.25, 0.3) is 0 Å². The molecule has 0 bridgehead atoms. The van der Waals surface area contributed by atoms with Gasteiger partial charge in [-0.05, 0) is 46.5 Å². The van der Waals surface area contributed by atoms with Gasteiger partial charge in [0.05, 0.1) is 6.07 Å². The van der Waals surface area contributed by atoms with Crippen LogP contribution in [-0.4, -0.2) is 11.1 Å². The standard InChI is InChI=1S/C10H19N3/c1-9(2,3)12-13-10(4,7-11)8-5-6-8/h8,12-13H,5-6H2,1-4H3. The van der Waals surface area contributed by atoms with E-state index in [1.165, 1.54) is 12.8 Å². The monoisotopic (exact) mass is 181 g/mol. The summed E-state index contributed by atoms with van der Waals surface area (Å²) >= 11 is 0. The van der Waals surface area contributed by atoms with Crippen LogP contribution in [0.3, 0.4) is 0 Å². The molecule has 1 fully saturated rings. The van der Waals surface area contributed by atoms with E-state index in [9.17, 15) is 0 Å².